The summed E-state index contributed by atoms with van der Waals surface area (Å²) in [5, 5.41) is 28.9. The lowest BCUT2D eigenvalue weighted by Crippen LogP contribution is -2.41. The standard InChI is InChI=1S/C24H38O6/c1-5-15(3)24(29)30-21-11-14(2)10-17-7-6-16(4)20(23(17)21)9-8-18(25)12-19(26)13-22(27)28/h6-7,10,14-16,18-21,23,25-26H,5,8-9,11-13H2,1-4H3,(H,27,28)/t14-,15-,16-,18?,19-,20-,21-,23-/m0/s1. The molecule has 3 N–H and O–H groups in total. The van der Waals surface area contributed by atoms with Gasteiger partial charge < -0.3 is 20.1 Å². The third kappa shape index (κ3) is 6.67. The third-order valence-electron chi connectivity index (χ3n) is 6.67. The van der Waals surface area contributed by atoms with E-state index in [0.29, 0.717) is 12.3 Å². The molecule has 0 radical (unpaired) electrons. The molecular weight excluding hydrogens is 384 g/mol. The number of carbonyl (C=O) groups excluding carboxylic acids is 1. The topological polar surface area (TPSA) is 104 Å². The highest BCUT2D eigenvalue weighted by molar-refractivity contribution is 5.72. The number of hydrogen-bond acceptors (Lipinski definition) is 5. The van der Waals surface area contributed by atoms with Gasteiger partial charge in [0.25, 0.3) is 0 Å². The first-order valence-corrected chi connectivity index (χ1v) is 11.3. The Labute approximate surface area is 180 Å². The highest BCUT2D eigenvalue weighted by Crippen LogP contribution is 2.45. The summed E-state index contributed by atoms with van der Waals surface area (Å²) in [4.78, 5) is 23.2. The minimum Gasteiger partial charge on any atom is -0.481 e. The minimum atomic E-state index is -1.07. The minimum absolute atomic E-state index is 0.0556. The molecule has 0 saturated heterocycles. The molecule has 6 heteroatoms. The number of carboxylic acid groups (broad SMARTS) is 1. The molecule has 2 aliphatic rings. The molecule has 0 aliphatic heterocycles. The monoisotopic (exact) mass is 422 g/mol. The van der Waals surface area contributed by atoms with Crippen LogP contribution < -0.4 is 0 Å². The summed E-state index contributed by atoms with van der Waals surface area (Å²) in [5.74, 6) is -0.406. The number of carbonyl (C=O) groups is 2. The summed E-state index contributed by atoms with van der Waals surface area (Å²) in [6.07, 6.45) is 7.07. The van der Waals surface area contributed by atoms with Gasteiger partial charge in [-0.15, -0.1) is 0 Å². The van der Waals surface area contributed by atoms with Gasteiger partial charge in [-0.25, -0.2) is 0 Å². The van der Waals surface area contributed by atoms with E-state index in [9.17, 15) is 19.8 Å². The molecule has 0 fully saturated rings. The molecule has 0 spiro atoms. The Balaban J connectivity index is 2.09. The number of ether oxygens (including phenoxy) is 1. The number of aliphatic hydroxyl groups is 2. The van der Waals surface area contributed by atoms with Crippen LogP contribution in [0.4, 0.5) is 0 Å². The Morgan fingerprint density at radius 1 is 1.23 bits per heavy atom. The number of allylic oxidation sites excluding steroid dienone is 3. The number of rotatable bonds is 10. The van der Waals surface area contributed by atoms with E-state index in [-0.39, 0.29) is 48.6 Å². The number of carboxylic acids is 1. The number of aliphatic carboxylic acids is 1. The fourth-order valence-corrected chi connectivity index (χ4v) is 4.76. The van der Waals surface area contributed by atoms with Gasteiger partial charge in [0, 0.05) is 5.92 Å². The first-order valence-electron chi connectivity index (χ1n) is 11.3. The molecule has 6 nitrogen and oxygen atoms in total. The molecule has 0 amide bonds. The maximum atomic E-state index is 12.5. The van der Waals surface area contributed by atoms with Crippen LogP contribution in [0.25, 0.3) is 0 Å². The van der Waals surface area contributed by atoms with Crippen LogP contribution in [0.1, 0.15) is 66.2 Å². The first kappa shape index (κ1) is 24.6. The zero-order chi connectivity index (χ0) is 22.4. The summed E-state index contributed by atoms with van der Waals surface area (Å²) in [5.41, 5.74) is 1.21. The number of esters is 1. The van der Waals surface area contributed by atoms with Crippen molar-refractivity contribution in [3.8, 4) is 0 Å². The Hall–Kier alpha value is -1.66. The lowest BCUT2D eigenvalue weighted by atomic mass is 9.65. The first-order chi connectivity index (χ1) is 14.1. The van der Waals surface area contributed by atoms with Crippen LogP contribution >= 0.6 is 0 Å². The fourth-order valence-electron chi connectivity index (χ4n) is 4.76. The zero-order valence-electron chi connectivity index (χ0n) is 18.7. The smallest absolute Gasteiger partial charge is 0.308 e. The van der Waals surface area contributed by atoms with Crippen LogP contribution in [0, 0.1) is 29.6 Å². The quantitative estimate of drug-likeness (QED) is 0.464. The van der Waals surface area contributed by atoms with Gasteiger partial charge in [0.2, 0.25) is 0 Å². The summed E-state index contributed by atoms with van der Waals surface area (Å²) < 4.78 is 6.00. The zero-order valence-corrected chi connectivity index (χ0v) is 18.7. The average Bonchev–Trinajstić information content (AvgIpc) is 2.65. The lowest BCUT2D eigenvalue weighted by molar-refractivity contribution is -0.158. The van der Waals surface area contributed by atoms with Crippen molar-refractivity contribution in [2.45, 2.75) is 84.5 Å². The lowest BCUT2D eigenvalue weighted by Gasteiger charge is -2.43. The molecule has 30 heavy (non-hydrogen) atoms. The Morgan fingerprint density at radius 3 is 2.57 bits per heavy atom. The van der Waals surface area contributed by atoms with Gasteiger partial charge in [0.1, 0.15) is 6.10 Å². The molecule has 0 heterocycles. The van der Waals surface area contributed by atoms with Gasteiger partial charge >= 0.3 is 11.9 Å². The maximum absolute atomic E-state index is 12.5. The van der Waals surface area contributed by atoms with Gasteiger partial charge in [-0.1, -0.05) is 45.9 Å². The summed E-state index contributed by atoms with van der Waals surface area (Å²) in [6.45, 7) is 8.16. The van der Waals surface area contributed by atoms with E-state index in [2.05, 4.69) is 32.1 Å². The van der Waals surface area contributed by atoms with Gasteiger partial charge in [-0.2, -0.15) is 0 Å². The van der Waals surface area contributed by atoms with Crippen molar-refractivity contribution in [2.75, 3.05) is 0 Å². The highest BCUT2D eigenvalue weighted by atomic mass is 16.5. The van der Waals surface area contributed by atoms with Crippen molar-refractivity contribution >= 4 is 11.9 Å². The van der Waals surface area contributed by atoms with E-state index in [4.69, 9.17) is 9.84 Å². The maximum Gasteiger partial charge on any atom is 0.308 e. The number of fused-ring (bicyclic) bond motifs is 1. The van der Waals surface area contributed by atoms with E-state index in [0.717, 1.165) is 19.3 Å². The SMILES string of the molecule is CC[C@H](C)C(=O)O[C@H]1C[C@@H](C)C=C2C=C[C@H](C)[C@H](CCC(O)C[C@H](O)CC(=O)O)[C@H]21. The Morgan fingerprint density at radius 2 is 1.93 bits per heavy atom. The van der Waals surface area contributed by atoms with Crippen LogP contribution in [-0.4, -0.2) is 45.6 Å². The summed E-state index contributed by atoms with van der Waals surface area (Å²) in [6, 6.07) is 0. The fraction of sp³-hybridized carbons (Fsp3) is 0.750. The second-order valence-electron chi connectivity index (χ2n) is 9.29. The van der Waals surface area contributed by atoms with E-state index >= 15 is 0 Å². The van der Waals surface area contributed by atoms with Crippen LogP contribution in [0.3, 0.4) is 0 Å². The predicted molar refractivity (Wildman–Crippen MR) is 115 cm³/mol. The molecule has 0 aromatic heterocycles. The molecule has 0 bridgehead atoms. The molecular formula is C24H38O6. The molecule has 0 aromatic carbocycles. The van der Waals surface area contributed by atoms with Gasteiger partial charge in [0.05, 0.1) is 24.5 Å². The molecule has 170 valence electrons. The van der Waals surface area contributed by atoms with Crippen molar-refractivity contribution in [3.05, 3.63) is 23.8 Å². The van der Waals surface area contributed by atoms with Gasteiger partial charge in [0.15, 0.2) is 0 Å². The van der Waals surface area contributed by atoms with Crippen molar-refractivity contribution in [1.82, 2.24) is 0 Å². The van der Waals surface area contributed by atoms with E-state index in [1.807, 2.05) is 13.8 Å². The van der Waals surface area contributed by atoms with E-state index in [1.54, 1.807) is 0 Å². The largest absolute Gasteiger partial charge is 0.481 e. The average molecular weight is 423 g/mol. The van der Waals surface area contributed by atoms with Crippen molar-refractivity contribution in [1.29, 1.82) is 0 Å². The molecule has 0 aromatic rings. The van der Waals surface area contributed by atoms with Crippen LogP contribution in [0.15, 0.2) is 23.8 Å². The van der Waals surface area contributed by atoms with E-state index < -0.39 is 18.2 Å². The van der Waals surface area contributed by atoms with Gasteiger partial charge in [-0.3, -0.25) is 9.59 Å². The summed E-state index contributed by atoms with van der Waals surface area (Å²) in [7, 11) is 0. The second-order valence-corrected chi connectivity index (χ2v) is 9.29. The van der Waals surface area contributed by atoms with Crippen LogP contribution in [0.2, 0.25) is 0 Å². The van der Waals surface area contributed by atoms with Gasteiger partial charge in [-0.05, 0) is 55.4 Å². The van der Waals surface area contributed by atoms with Crippen LogP contribution in [-0.2, 0) is 14.3 Å². The molecule has 2 rings (SSSR count). The molecule has 0 saturated carbocycles. The Bertz CT molecular complexity index is 654. The Kier molecular flexibility index (Phi) is 9.10. The van der Waals surface area contributed by atoms with Crippen molar-refractivity contribution < 1.29 is 29.6 Å². The molecule has 2 aliphatic carbocycles. The molecule has 1 unspecified atom stereocenters. The third-order valence-corrected chi connectivity index (χ3v) is 6.67. The van der Waals surface area contributed by atoms with E-state index in [1.165, 1.54) is 5.57 Å². The summed E-state index contributed by atoms with van der Waals surface area (Å²) >= 11 is 0. The van der Waals surface area contributed by atoms with Crippen LogP contribution in [0.5, 0.6) is 0 Å². The van der Waals surface area contributed by atoms with Crippen molar-refractivity contribution in [2.24, 2.45) is 29.6 Å². The number of aliphatic hydroxyl groups excluding tert-OH is 2. The number of hydrogen-bond donors (Lipinski definition) is 3. The highest BCUT2D eigenvalue weighted by Gasteiger charge is 2.41. The predicted octanol–water partition coefficient (Wildman–Crippen LogP) is 3.72. The second kappa shape index (κ2) is 11.1. The van der Waals surface area contributed by atoms with Crippen molar-refractivity contribution in [3.63, 3.8) is 0 Å². The normalized spacial score (nSPS) is 31.3. The molecule has 8 atom stereocenters.